The predicted octanol–water partition coefficient (Wildman–Crippen LogP) is 5.40. The van der Waals surface area contributed by atoms with E-state index in [1.807, 2.05) is 60.7 Å². The molecule has 3 aliphatic rings. The van der Waals surface area contributed by atoms with Gasteiger partial charge in [0.15, 0.2) is 17.3 Å². The van der Waals surface area contributed by atoms with Gasteiger partial charge in [-0.2, -0.15) is 0 Å². The number of methoxy groups -OCH3 is 1. The van der Waals surface area contributed by atoms with Gasteiger partial charge in [0.25, 0.3) is 0 Å². The number of rotatable bonds is 3. The van der Waals surface area contributed by atoms with Crippen molar-refractivity contribution in [3.05, 3.63) is 89.1 Å². The summed E-state index contributed by atoms with van der Waals surface area (Å²) >= 11 is 0. The Morgan fingerprint density at radius 2 is 1.70 bits per heavy atom. The highest BCUT2D eigenvalue weighted by Crippen LogP contribution is 2.46. The van der Waals surface area contributed by atoms with Gasteiger partial charge in [0.05, 0.1) is 24.5 Å². The molecule has 6 rings (SSSR count). The highest BCUT2D eigenvalue weighted by Gasteiger charge is 2.37. The first kappa shape index (κ1) is 19.7. The lowest BCUT2D eigenvalue weighted by Crippen LogP contribution is -2.27. The van der Waals surface area contributed by atoms with Gasteiger partial charge in [0.1, 0.15) is 5.75 Å². The molecule has 2 heterocycles. The molecule has 0 spiro atoms. The molecule has 1 aliphatic carbocycles. The van der Waals surface area contributed by atoms with Crippen LogP contribution in [0.2, 0.25) is 0 Å². The molecular weight excluding hydrogens is 416 g/mol. The van der Waals surface area contributed by atoms with Crippen LogP contribution in [-0.2, 0) is 4.79 Å². The Kier molecular flexibility index (Phi) is 4.72. The monoisotopic (exact) mass is 440 g/mol. The average molecular weight is 440 g/mol. The molecule has 2 aliphatic heterocycles. The maximum atomic E-state index is 13.7. The number of allylic oxidation sites excluding steroid dienone is 1. The number of hydrogen-bond acceptors (Lipinski definition) is 6. The Bertz CT molecular complexity index is 1280. The van der Waals surface area contributed by atoms with Crippen LogP contribution in [-0.4, -0.2) is 19.7 Å². The van der Waals surface area contributed by atoms with Gasteiger partial charge in [-0.1, -0.05) is 36.4 Å². The quantitative estimate of drug-likeness (QED) is 0.568. The molecule has 0 aromatic heterocycles. The summed E-state index contributed by atoms with van der Waals surface area (Å²) in [6.07, 6.45) is 1.15. The second kappa shape index (κ2) is 7.89. The van der Waals surface area contributed by atoms with Crippen molar-refractivity contribution in [3.63, 3.8) is 0 Å². The van der Waals surface area contributed by atoms with E-state index in [4.69, 9.17) is 14.2 Å². The number of Topliss-reactive ketones (excluding diaryl/α,β-unsaturated/α-hetero) is 1. The summed E-state index contributed by atoms with van der Waals surface area (Å²) in [5.41, 5.74) is 5.66. The van der Waals surface area contributed by atoms with Crippen LogP contribution in [0.25, 0.3) is 0 Å². The lowest BCUT2D eigenvalue weighted by Gasteiger charge is -2.30. The Morgan fingerprint density at radius 1 is 0.909 bits per heavy atom. The third kappa shape index (κ3) is 3.39. The van der Waals surface area contributed by atoms with Crippen LogP contribution >= 0.6 is 0 Å². The molecule has 3 aromatic rings. The van der Waals surface area contributed by atoms with Crippen molar-refractivity contribution in [2.24, 2.45) is 0 Å². The molecule has 0 amide bonds. The van der Waals surface area contributed by atoms with E-state index in [0.29, 0.717) is 12.2 Å². The molecule has 33 heavy (non-hydrogen) atoms. The van der Waals surface area contributed by atoms with E-state index < -0.39 is 0 Å². The van der Waals surface area contributed by atoms with Crippen molar-refractivity contribution in [3.8, 4) is 17.2 Å². The number of fused-ring (bicyclic) bond motifs is 2. The fourth-order valence-electron chi connectivity index (χ4n) is 5.06. The number of nitrogens with one attached hydrogen (secondary N) is 2. The predicted molar refractivity (Wildman–Crippen MR) is 126 cm³/mol. The SMILES string of the molecule is COc1ccccc1C1CC(=O)C2=C(C1)Nc1ccccc1NC2c1ccc2c(c1)OCO2. The Labute approximate surface area is 192 Å². The maximum absolute atomic E-state index is 13.7. The molecule has 6 nitrogen and oxygen atoms in total. The summed E-state index contributed by atoms with van der Waals surface area (Å²) in [5, 5.41) is 7.19. The average Bonchev–Trinajstić information content (AvgIpc) is 3.24. The van der Waals surface area contributed by atoms with Crippen LogP contribution in [0.4, 0.5) is 11.4 Å². The summed E-state index contributed by atoms with van der Waals surface area (Å²) in [4.78, 5) is 13.7. The van der Waals surface area contributed by atoms with E-state index in [2.05, 4.69) is 16.7 Å². The molecule has 0 fully saturated rings. The Balaban J connectivity index is 1.46. The Morgan fingerprint density at radius 3 is 2.58 bits per heavy atom. The number of para-hydroxylation sites is 3. The molecule has 0 radical (unpaired) electrons. The van der Waals surface area contributed by atoms with Crippen molar-refractivity contribution in [2.75, 3.05) is 24.5 Å². The Hall–Kier alpha value is -3.93. The molecule has 2 unspecified atom stereocenters. The van der Waals surface area contributed by atoms with Crippen LogP contribution in [0, 0.1) is 0 Å². The summed E-state index contributed by atoms with van der Waals surface area (Å²) in [7, 11) is 1.67. The number of carbonyl (C=O) groups is 1. The zero-order valence-electron chi connectivity index (χ0n) is 18.3. The minimum atomic E-state index is -0.295. The highest BCUT2D eigenvalue weighted by molar-refractivity contribution is 6.01. The van der Waals surface area contributed by atoms with E-state index in [0.717, 1.165) is 51.7 Å². The third-order valence-corrected chi connectivity index (χ3v) is 6.62. The number of hydrogen-bond donors (Lipinski definition) is 2. The summed E-state index contributed by atoms with van der Waals surface area (Å²) in [6.45, 7) is 0.217. The van der Waals surface area contributed by atoms with E-state index in [9.17, 15) is 4.79 Å². The molecule has 0 bridgehead atoms. The van der Waals surface area contributed by atoms with E-state index in [-0.39, 0.29) is 24.5 Å². The van der Waals surface area contributed by atoms with Crippen molar-refractivity contribution in [2.45, 2.75) is 24.8 Å². The maximum Gasteiger partial charge on any atom is 0.231 e. The fourth-order valence-corrected chi connectivity index (χ4v) is 5.06. The lowest BCUT2D eigenvalue weighted by atomic mass is 9.78. The minimum Gasteiger partial charge on any atom is -0.496 e. The first-order chi connectivity index (χ1) is 16.2. The van der Waals surface area contributed by atoms with Gasteiger partial charge in [0, 0.05) is 23.6 Å². The van der Waals surface area contributed by atoms with E-state index >= 15 is 0 Å². The minimum absolute atomic E-state index is 0.0440. The number of ketones is 1. The van der Waals surface area contributed by atoms with Gasteiger partial charge in [-0.25, -0.2) is 0 Å². The molecule has 2 N–H and O–H groups in total. The largest absolute Gasteiger partial charge is 0.496 e. The van der Waals surface area contributed by atoms with Crippen molar-refractivity contribution in [1.29, 1.82) is 0 Å². The first-order valence-electron chi connectivity index (χ1n) is 11.1. The van der Waals surface area contributed by atoms with Crippen LogP contribution in [0.3, 0.4) is 0 Å². The lowest BCUT2D eigenvalue weighted by molar-refractivity contribution is -0.116. The number of carbonyl (C=O) groups excluding carboxylic acids is 1. The zero-order valence-corrected chi connectivity index (χ0v) is 18.3. The number of ether oxygens (including phenoxy) is 3. The van der Waals surface area contributed by atoms with Gasteiger partial charge in [-0.05, 0) is 47.9 Å². The third-order valence-electron chi connectivity index (χ3n) is 6.62. The smallest absolute Gasteiger partial charge is 0.231 e. The van der Waals surface area contributed by atoms with Gasteiger partial charge in [-0.15, -0.1) is 0 Å². The van der Waals surface area contributed by atoms with Crippen LogP contribution in [0.5, 0.6) is 17.2 Å². The number of benzene rings is 3. The molecular formula is C27H24N2O4. The first-order valence-corrected chi connectivity index (χ1v) is 11.1. The van der Waals surface area contributed by atoms with Crippen LogP contribution in [0.15, 0.2) is 78.0 Å². The molecule has 0 saturated carbocycles. The fraction of sp³-hybridized carbons (Fsp3) is 0.222. The molecule has 0 saturated heterocycles. The summed E-state index contributed by atoms with van der Waals surface area (Å²) < 4.78 is 16.7. The molecule has 2 atom stereocenters. The van der Waals surface area contributed by atoms with E-state index in [1.165, 1.54) is 0 Å². The topological polar surface area (TPSA) is 68.8 Å². The van der Waals surface area contributed by atoms with Crippen LogP contribution in [0.1, 0.15) is 35.9 Å². The molecule has 6 heteroatoms. The highest BCUT2D eigenvalue weighted by atomic mass is 16.7. The van der Waals surface area contributed by atoms with Crippen LogP contribution < -0.4 is 24.8 Å². The summed E-state index contributed by atoms with van der Waals surface area (Å²) in [6, 6.07) is 21.6. The normalized spacial score (nSPS) is 20.8. The zero-order chi connectivity index (χ0) is 22.4. The van der Waals surface area contributed by atoms with Crippen molar-refractivity contribution in [1.82, 2.24) is 0 Å². The van der Waals surface area contributed by atoms with Gasteiger partial charge >= 0.3 is 0 Å². The second-order valence-electron chi connectivity index (χ2n) is 8.52. The second-order valence-corrected chi connectivity index (χ2v) is 8.52. The van der Waals surface area contributed by atoms with E-state index in [1.54, 1.807) is 7.11 Å². The van der Waals surface area contributed by atoms with Gasteiger partial charge in [-0.3, -0.25) is 4.79 Å². The van der Waals surface area contributed by atoms with Crippen molar-refractivity contribution >= 4 is 17.2 Å². The standard InChI is InChI=1S/C27H24N2O4/c1-31-23-9-5-2-6-18(23)17-12-21-26(22(30)13-17)27(29-20-8-4-3-7-19(20)28-21)16-10-11-24-25(14-16)33-15-32-24/h2-11,14,17,27-29H,12-13,15H2,1H3. The van der Waals surface area contributed by atoms with Crippen molar-refractivity contribution < 1.29 is 19.0 Å². The number of anilines is 2. The van der Waals surface area contributed by atoms with Gasteiger partial charge in [0.2, 0.25) is 6.79 Å². The summed E-state index contributed by atoms with van der Waals surface area (Å²) in [5.74, 6) is 2.42. The van der Waals surface area contributed by atoms with Gasteiger partial charge < -0.3 is 24.8 Å². The molecule has 166 valence electrons. The molecule has 3 aromatic carbocycles.